The maximum absolute atomic E-state index is 11.3. The number of hydrogen-bond acceptors (Lipinski definition) is 3. The van der Waals surface area contributed by atoms with Crippen molar-refractivity contribution < 1.29 is 8.42 Å². The van der Waals surface area contributed by atoms with Gasteiger partial charge in [-0.05, 0) is 18.9 Å². The summed E-state index contributed by atoms with van der Waals surface area (Å²) in [6, 6.07) is 0. The van der Waals surface area contributed by atoms with E-state index in [1.807, 2.05) is 0 Å². The highest BCUT2D eigenvalue weighted by molar-refractivity contribution is 7.90. The average molecular weight is 205 g/mol. The molecule has 13 heavy (non-hydrogen) atoms. The third-order valence-electron chi connectivity index (χ3n) is 3.05. The molecule has 4 heteroatoms. The second-order valence-corrected chi connectivity index (χ2v) is 6.65. The van der Waals surface area contributed by atoms with Crippen molar-refractivity contribution in [1.82, 2.24) is 5.32 Å². The van der Waals surface area contributed by atoms with Crippen molar-refractivity contribution in [3.8, 4) is 0 Å². The van der Waals surface area contributed by atoms with Gasteiger partial charge in [0.25, 0.3) is 0 Å². The van der Waals surface area contributed by atoms with Crippen molar-refractivity contribution in [2.75, 3.05) is 25.1 Å². The lowest BCUT2D eigenvalue weighted by atomic mass is 9.78. The van der Waals surface area contributed by atoms with E-state index in [4.69, 9.17) is 0 Å². The molecule has 1 aliphatic rings. The summed E-state index contributed by atoms with van der Waals surface area (Å²) in [6.07, 6.45) is 2.31. The predicted octanol–water partition coefficient (Wildman–Crippen LogP) is 0.667. The molecule has 0 aliphatic carbocycles. The third-order valence-corrected chi connectivity index (χ3v) is 4.15. The molecule has 1 N–H and O–H groups in total. The summed E-state index contributed by atoms with van der Waals surface area (Å²) < 4.78 is 22.5. The molecule has 0 aromatic heterocycles. The fourth-order valence-electron chi connectivity index (χ4n) is 2.07. The van der Waals surface area contributed by atoms with Crippen molar-refractivity contribution in [2.24, 2.45) is 11.3 Å². The monoisotopic (exact) mass is 205 g/mol. The van der Waals surface area contributed by atoms with E-state index in [-0.39, 0.29) is 5.41 Å². The molecule has 0 spiro atoms. The lowest BCUT2D eigenvalue weighted by Gasteiger charge is -2.31. The Kier molecular flexibility index (Phi) is 3.02. The van der Waals surface area contributed by atoms with Crippen LogP contribution in [0.2, 0.25) is 0 Å². The molecule has 0 radical (unpaired) electrons. The first-order valence-electron chi connectivity index (χ1n) is 4.74. The standard InChI is InChI=1S/C9H19NO2S/c1-8(2)9(4-5-10-6-9)7-13(3,11)12/h8,10H,4-7H2,1-3H3. The van der Waals surface area contributed by atoms with Crippen LogP contribution < -0.4 is 5.32 Å². The Hall–Kier alpha value is -0.0900. The van der Waals surface area contributed by atoms with Crippen LogP contribution in [0.3, 0.4) is 0 Å². The summed E-state index contributed by atoms with van der Waals surface area (Å²) in [4.78, 5) is 0. The molecule has 78 valence electrons. The molecule has 0 aromatic rings. The molecule has 1 saturated heterocycles. The molecule has 1 atom stereocenters. The van der Waals surface area contributed by atoms with Gasteiger partial charge in [0, 0.05) is 18.2 Å². The topological polar surface area (TPSA) is 46.2 Å². The van der Waals surface area contributed by atoms with Crippen LogP contribution in [0.15, 0.2) is 0 Å². The van der Waals surface area contributed by atoms with Crippen LogP contribution >= 0.6 is 0 Å². The summed E-state index contributed by atoms with van der Waals surface area (Å²) in [7, 11) is -2.85. The van der Waals surface area contributed by atoms with Gasteiger partial charge in [-0.3, -0.25) is 0 Å². The first-order chi connectivity index (χ1) is 5.86. The van der Waals surface area contributed by atoms with Crippen LogP contribution in [0.5, 0.6) is 0 Å². The smallest absolute Gasteiger partial charge is 0.148 e. The minimum Gasteiger partial charge on any atom is -0.316 e. The normalized spacial score (nSPS) is 29.8. The zero-order valence-corrected chi connectivity index (χ0v) is 9.45. The van der Waals surface area contributed by atoms with Gasteiger partial charge in [0.1, 0.15) is 9.84 Å². The highest BCUT2D eigenvalue weighted by Crippen LogP contribution is 2.35. The first-order valence-corrected chi connectivity index (χ1v) is 6.80. The fourth-order valence-corrected chi connectivity index (χ4v) is 3.69. The van der Waals surface area contributed by atoms with Crippen molar-refractivity contribution in [2.45, 2.75) is 20.3 Å². The lowest BCUT2D eigenvalue weighted by Crippen LogP contribution is -2.36. The van der Waals surface area contributed by atoms with E-state index in [0.717, 1.165) is 19.5 Å². The van der Waals surface area contributed by atoms with E-state index in [0.29, 0.717) is 11.7 Å². The average Bonchev–Trinajstić information content (AvgIpc) is 2.33. The number of nitrogens with one attached hydrogen (secondary N) is 1. The third kappa shape index (κ3) is 2.68. The van der Waals surface area contributed by atoms with E-state index in [2.05, 4.69) is 19.2 Å². The van der Waals surface area contributed by atoms with E-state index < -0.39 is 9.84 Å². The minimum atomic E-state index is -2.85. The molecule has 1 aliphatic heterocycles. The SMILES string of the molecule is CC(C)C1(CS(C)(=O)=O)CCNC1. The molecule has 0 bridgehead atoms. The van der Waals surface area contributed by atoms with Crippen molar-refractivity contribution in [1.29, 1.82) is 0 Å². The maximum Gasteiger partial charge on any atom is 0.148 e. The van der Waals surface area contributed by atoms with Crippen molar-refractivity contribution >= 4 is 9.84 Å². The largest absolute Gasteiger partial charge is 0.316 e. The Morgan fingerprint density at radius 3 is 2.38 bits per heavy atom. The van der Waals surface area contributed by atoms with Gasteiger partial charge in [-0.15, -0.1) is 0 Å². The fraction of sp³-hybridized carbons (Fsp3) is 1.00. The van der Waals surface area contributed by atoms with Crippen LogP contribution in [0, 0.1) is 11.3 Å². The van der Waals surface area contributed by atoms with E-state index in [1.54, 1.807) is 0 Å². The Labute approximate surface area is 80.8 Å². The van der Waals surface area contributed by atoms with Gasteiger partial charge in [0.05, 0.1) is 5.75 Å². The van der Waals surface area contributed by atoms with E-state index in [9.17, 15) is 8.42 Å². The number of sulfone groups is 1. The van der Waals surface area contributed by atoms with Gasteiger partial charge in [0.2, 0.25) is 0 Å². The summed E-state index contributed by atoms with van der Waals surface area (Å²) in [5.41, 5.74) is -0.0203. The van der Waals surface area contributed by atoms with Crippen molar-refractivity contribution in [3.05, 3.63) is 0 Å². The van der Waals surface area contributed by atoms with Crippen LogP contribution in [0.1, 0.15) is 20.3 Å². The van der Waals surface area contributed by atoms with Gasteiger partial charge in [-0.2, -0.15) is 0 Å². The zero-order valence-electron chi connectivity index (χ0n) is 8.63. The highest BCUT2D eigenvalue weighted by Gasteiger charge is 2.39. The summed E-state index contributed by atoms with van der Waals surface area (Å²) in [5, 5.41) is 3.25. The summed E-state index contributed by atoms with van der Waals surface area (Å²) in [6.45, 7) is 6.02. The van der Waals surface area contributed by atoms with Crippen LogP contribution in [0.4, 0.5) is 0 Å². The van der Waals surface area contributed by atoms with Crippen LogP contribution in [-0.4, -0.2) is 33.5 Å². The van der Waals surface area contributed by atoms with Crippen molar-refractivity contribution in [3.63, 3.8) is 0 Å². The molecular weight excluding hydrogens is 186 g/mol. The van der Waals surface area contributed by atoms with Gasteiger partial charge < -0.3 is 5.32 Å². The number of rotatable bonds is 3. The Balaban J connectivity index is 2.80. The molecule has 1 fully saturated rings. The van der Waals surface area contributed by atoms with Gasteiger partial charge in [0.15, 0.2) is 0 Å². The maximum atomic E-state index is 11.3. The molecule has 0 aromatic carbocycles. The Morgan fingerprint density at radius 1 is 1.46 bits per heavy atom. The molecule has 1 unspecified atom stereocenters. The molecule has 1 heterocycles. The molecular formula is C9H19NO2S. The molecule has 0 saturated carbocycles. The Morgan fingerprint density at radius 2 is 2.08 bits per heavy atom. The van der Waals surface area contributed by atoms with Crippen LogP contribution in [0.25, 0.3) is 0 Å². The van der Waals surface area contributed by atoms with E-state index in [1.165, 1.54) is 6.26 Å². The van der Waals surface area contributed by atoms with Gasteiger partial charge >= 0.3 is 0 Å². The van der Waals surface area contributed by atoms with E-state index >= 15 is 0 Å². The number of hydrogen-bond donors (Lipinski definition) is 1. The van der Waals surface area contributed by atoms with Gasteiger partial charge in [-0.25, -0.2) is 8.42 Å². The molecule has 0 amide bonds. The quantitative estimate of drug-likeness (QED) is 0.736. The second kappa shape index (κ2) is 3.58. The molecule has 3 nitrogen and oxygen atoms in total. The predicted molar refractivity (Wildman–Crippen MR) is 54.5 cm³/mol. The first kappa shape index (κ1) is 11.0. The minimum absolute atomic E-state index is 0.0203. The zero-order chi connectivity index (χ0) is 10.1. The van der Waals surface area contributed by atoms with Crippen LogP contribution in [-0.2, 0) is 9.84 Å². The molecule has 1 rings (SSSR count). The second-order valence-electron chi connectivity index (χ2n) is 4.51. The summed E-state index contributed by atoms with van der Waals surface area (Å²) in [5.74, 6) is 0.752. The Bertz CT molecular complexity index is 263. The lowest BCUT2D eigenvalue weighted by molar-refractivity contribution is 0.253. The van der Waals surface area contributed by atoms with Gasteiger partial charge in [-0.1, -0.05) is 13.8 Å². The summed E-state index contributed by atoms with van der Waals surface area (Å²) >= 11 is 0. The highest BCUT2D eigenvalue weighted by atomic mass is 32.2.